The molecule has 1 aliphatic rings. The summed E-state index contributed by atoms with van der Waals surface area (Å²) < 4.78 is 14.2. The highest BCUT2D eigenvalue weighted by Crippen LogP contribution is 2.42. The third-order valence-electron chi connectivity index (χ3n) is 4.79. The maximum atomic E-state index is 14.2. The summed E-state index contributed by atoms with van der Waals surface area (Å²) >= 11 is 0. The van der Waals surface area contributed by atoms with Crippen LogP contribution in [0.25, 0.3) is 0 Å². The normalized spacial score (nSPS) is 26.2. The molecular formula is C18H29FN2. The number of hydrogen-bond acceptors (Lipinski definition) is 2. The SMILES string of the molecule is CCCC1CCC(CNC(C)C)C(c2ccncc2F)C1. The van der Waals surface area contributed by atoms with Gasteiger partial charge in [0.25, 0.3) is 0 Å². The average molecular weight is 292 g/mol. The molecular weight excluding hydrogens is 263 g/mol. The Morgan fingerprint density at radius 1 is 1.38 bits per heavy atom. The molecule has 0 bridgehead atoms. The first-order valence-electron chi connectivity index (χ1n) is 8.44. The highest BCUT2D eigenvalue weighted by Gasteiger charge is 2.32. The van der Waals surface area contributed by atoms with E-state index in [4.69, 9.17) is 0 Å². The Hall–Kier alpha value is -0.960. The lowest BCUT2D eigenvalue weighted by atomic mass is 9.70. The molecule has 0 aromatic carbocycles. The van der Waals surface area contributed by atoms with E-state index in [1.54, 1.807) is 6.20 Å². The number of nitrogens with one attached hydrogen (secondary N) is 1. The number of nitrogens with zero attached hydrogens (tertiary/aromatic N) is 1. The molecule has 1 fully saturated rings. The van der Waals surface area contributed by atoms with Gasteiger partial charge in [0.2, 0.25) is 0 Å². The number of aromatic nitrogens is 1. The maximum absolute atomic E-state index is 14.2. The first-order valence-corrected chi connectivity index (χ1v) is 8.44. The van der Waals surface area contributed by atoms with Crippen molar-refractivity contribution >= 4 is 0 Å². The molecule has 2 nitrogen and oxygen atoms in total. The smallest absolute Gasteiger partial charge is 0.144 e. The summed E-state index contributed by atoms with van der Waals surface area (Å²) in [4.78, 5) is 3.90. The van der Waals surface area contributed by atoms with E-state index in [9.17, 15) is 4.39 Å². The van der Waals surface area contributed by atoms with E-state index in [0.717, 1.165) is 24.4 Å². The van der Waals surface area contributed by atoms with E-state index in [0.29, 0.717) is 17.9 Å². The van der Waals surface area contributed by atoms with E-state index >= 15 is 0 Å². The van der Waals surface area contributed by atoms with Crippen LogP contribution in [0.3, 0.4) is 0 Å². The minimum absolute atomic E-state index is 0.130. The lowest BCUT2D eigenvalue weighted by Crippen LogP contribution is -2.35. The van der Waals surface area contributed by atoms with E-state index in [1.807, 2.05) is 6.07 Å². The van der Waals surface area contributed by atoms with E-state index in [2.05, 4.69) is 31.1 Å². The predicted molar refractivity (Wildman–Crippen MR) is 85.8 cm³/mol. The van der Waals surface area contributed by atoms with Crippen molar-refractivity contribution in [2.75, 3.05) is 6.54 Å². The Balaban J connectivity index is 2.14. The van der Waals surface area contributed by atoms with Crippen LogP contribution in [0.15, 0.2) is 18.5 Å². The average Bonchev–Trinajstić information content (AvgIpc) is 2.46. The minimum Gasteiger partial charge on any atom is -0.314 e. The molecule has 1 aromatic heterocycles. The van der Waals surface area contributed by atoms with Crippen LogP contribution in [-0.2, 0) is 0 Å². The Kier molecular flexibility index (Phi) is 6.16. The van der Waals surface area contributed by atoms with Gasteiger partial charge in [-0.3, -0.25) is 4.98 Å². The van der Waals surface area contributed by atoms with Crippen molar-refractivity contribution in [3.63, 3.8) is 0 Å². The summed E-state index contributed by atoms with van der Waals surface area (Å²) in [6.07, 6.45) is 9.22. The molecule has 1 aromatic rings. The van der Waals surface area contributed by atoms with Crippen molar-refractivity contribution in [1.29, 1.82) is 0 Å². The van der Waals surface area contributed by atoms with Gasteiger partial charge in [-0.25, -0.2) is 4.39 Å². The number of hydrogen-bond donors (Lipinski definition) is 1. The van der Waals surface area contributed by atoms with Crippen molar-refractivity contribution in [3.05, 3.63) is 29.8 Å². The van der Waals surface area contributed by atoms with Crippen LogP contribution >= 0.6 is 0 Å². The van der Waals surface area contributed by atoms with Crippen LogP contribution in [-0.4, -0.2) is 17.6 Å². The third kappa shape index (κ3) is 4.50. The fourth-order valence-electron chi connectivity index (χ4n) is 3.69. The molecule has 3 unspecified atom stereocenters. The molecule has 1 saturated carbocycles. The van der Waals surface area contributed by atoms with Crippen molar-refractivity contribution < 1.29 is 4.39 Å². The van der Waals surface area contributed by atoms with Crippen LogP contribution < -0.4 is 5.32 Å². The Labute approximate surface area is 128 Å². The van der Waals surface area contributed by atoms with Crippen LogP contribution in [0.1, 0.15) is 64.4 Å². The Morgan fingerprint density at radius 3 is 2.86 bits per heavy atom. The summed E-state index contributed by atoms with van der Waals surface area (Å²) in [5.41, 5.74) is 0.876. The van der Waals surface area contributed by atoms with Gasteiger partial charge in [0.15, 0.2) is 0 Å². The zero-order valence-electron chi connectivity index (χ0n) is 13.6. The van der Waals surface area contributed by atoms with Gasteiger partial charge < -0.3 is 5.32 Å². The zero-order chi connectivity index (χ0) is 15.2. The first kappa shape index (κ1) is 16.4. The van der Waals surface area contributed by atoms with Crippen LogP contribution in [0, 0.1) is 17.7 Å². The fraction of sp³-hybridized carbons (Fsp3) is 0.722. The molecule has 1 heterocycles. The van der Waals surface area contributed by atoms with Crippen molar-refractivity contribution in [2.45, 2.75) is 64.8 Å². The standard InChI is InChI=1S/C18H29FN2/c1-4-5-14-6-7-15(11-21-13(2)3)17(10-14)16-8-9-20-12-18(16)19/h8-9,12-15,17,21H,4-7,10-11H2,1-3H3. The molecule has 3 heteroatoms. The second kappa shape index (κ2) is 7.88. The molecule has 0 saturated heterocycles. The van der Waals surface area contributed by atoms with Crippen LogP contribution in [0.5, 0.6) is 0 Å². The van der Waals surface area contributed by atoms with E-state index in [-0.39, 0.29) is 5.82 Å². The van der Waals surface area contributed by atoms with Gasteiger partial charge in [-0.05, 0) is 48.8 Å². The molecule has 118 valence electrons. The zero-order valence-corrected chi connectivity index (χ0v) is 13.6. The van der Waals surface area contributed by atoms with Gasteiger partial charge in [0, 0.05) is 12.2 Å². The summed E-state index contributed by atoms with van der Waals surface area (Å²) in [7, 11) is 0. The molecule has 1 N–H and O–H groups in total. The van der Waals surface area contributed by atoms with E-state index in [1.165, 1.54) is 31.9 Å². The third-order valence-corrected chi connectivity index (χ3v) is 4.79. The van der Waals surface area contributed by atoms with Crippen LogP contribution in [0.4, 0.5) is 4.39 Å². The molecule has 2 rings (SSSR count). The monoisotopic (exact) mass is 292 g/mol. The number of rotatable bonds is 6. The quantitative estimate of drug-likeness (QED) is 0.834. The topological polar surface area (TPSA) is 24.9 Å². The van der Waals surface area contributed by atoms with Gasteiger partial charge in [-0.1, -0.05) is 40.0 Å². The predicted octanol–water partition coefficient (Wildman–Crippen LogP) is 4.52. The number of halogens is 1. The number of pyridine rings is 1. The maximum Gasteiger partial charge on any atom is 0.144 e. The summed E-state index contributed by atoms with van der Waals surface area (Å²) in [6.45, 7) is 7.58. The van der Waals surface area contributed by atoms with Crippen molar-refractivity contribution in [3.8, 4) is 0 Å². The molecule has 0 amide bonds. The largest absolute Gasteiger partial charge is 0.314 e. The van der Waals surface area contributed by atoms with Crippen molar-refractivity contribution in [2.24, 2.45) is 11.8 Å². The van der Waals surface area contributed by atoms with Gasteiger partial charge in [0.1, 0.15) is 5.82 Å². The summed E-state index contributed by atoms with van der Waals surface area (Å²) in [5, 5.41) is 3.54. The van der Waals surface area contributed by atoms with Gasteiger partial charge in [-0.2, -0.15) is 0 Å². The highest BCUT2D eigenvalue weighted by atomic mass is 19.1. The van der Waals surface area contributed by atoms with Crippen LogP contribution in [0.2, 0.25) is 0 Å². The second-order valence-electron chi connectivity index (χ2n) is 6.79. The highest BCUT2D eigenvalue weighted by molar-refractivity contribution is 5.20. The van der Waals surface area contributed by atoms with Crippen molar-refractivity contribution in [1.82, 2.24) is 10.3 Å². The first-order chi connectivity index (χ1) is 10.1. The van der Waals surface area contributed by atoms with E-state index < -0.39 is 0 Å². The molecule has 1 aliphatic carbocycles. The molecule has 0 spiro atoms. The molecule has 0 aliphatic heterocycles. The summed E-state index contributed by atoms with van der Waals surface area (Å²) in [6, 6.07) is 2.37. The van der Waals surface area contributed by atoms with Gasteiger partial charge >= 0.3 is 0 Å². The molecule has 21 heavy (non-hydrogen) atoms. The molecule has 0 radical (unpaired) electrons. The fourth-order valence-corrected chi connectivity index (χ4v) is 3.69. The lowest BCUT2D eigenvalue weighted by molar-refractivity contribution is 0.214. The van der Waals surface area contributed by atoms with Gasteiger partial charge in [0.05, 0.1) is 6.20 Å². The second-order valence-corrected chi connectivity index (χ2v) is 6.79. The molecule has 3 atom stereocenters. The summed E-state index contributed by atoms with van der Waals surface area (Å²) in [5.74, 6) is 1.50. The Bertz CT molecular complexity index is 433. The van der Waals surface area contributed by atoms with Gasteiger partial charge in [-0.15, -0.1) is 0 Å². The Morgan fingerprint density at radius 2 is 2.19 bits per heavy atom. The minimum atomic E-state index is -0.130. The lowest BCUT2D eigenvalue weighted by Gasteiger charge is -2.37.